The second-order valence-corrected chi connectivity index (χ2v) is 8.06. The summed E-state index contributed by atoms with van der Waals surface area (Å²) in [5.41, 5.74) is 4.88. The molecule has 0 saturated carbocycles. The maximum Gasteiger partial charge on any atom is 0.271 e. The van der Waals surface area contributed by atoms with Crippen molar-refractivity contribution in [3.05, 3.63) is 62.0 Å². The lowest BCUT2D eigenvalue weighted by Crippen LogP contribution is -2.18. The number of amides is 1. The number of carbonyl (C=O) groups excluding carboxylic acids is 1. The number of carbonyl (C=O) groups is 1. The van der Waals surface area contributed by atoms with Gasteiger partial charge in [0.2, 0.25) is 0 Å². The average Bonchev–Trinajstić information content (AvgIpc) is 2.51. The Morgan fingerprint density at radius 2 is 1.75 bits per heavy atom. The fourth-order valence-electron chi connectivity index (χ4n) is 2.00. The number of aromatic hydroxyl groups is 1. The molecule has 0 radical (unpaired) electrons. The molecule has 1 amide bonds. The molecule has 24 heavy (non-hydrogen) atoms. The van der Waals surface area contributed by atoms with Gasteiger partial charge < -0.3 is 5.11 Å². The summed E-state index contributed by atoms with van der Waals surface area (Å²) < 4.78 is 1.33. The summed E-state index contributed by atoms with van der Waals surface area (Å²) in [5, 5.41) is 13.6. The monoisotopic (exact) mass is 452 g/mol. The second-order valence-electron chi connectivity index (χ2n) is 6.35. The highest BCUT2D eigenvalue weighted by molar-refractivity contribution is 9.11. The van der Waals surface area contributed by atoms with Crippen LogP contribution in [0.1, 0.15) is 42.3 Å². The molecular weight excluding hydrogens is 436 g/mol. The summed E-state index contributed by atoms with van der Waals surface area (Å²) in [7, 11) is 0. The van der Waals surface area contributed by atoms with Crippen molar-refractivity contribution in [2.75, 3.05) is 0 Å². The number of phenolic OH excluding ortho intramolecular Hbond substituents is 1. The minimum atomic E-state index is -0.288. The lowest BCUT2D eigenvalue weighted by Gasteiger charge is -2.18. The first-order valence-electron chi connectivity index (χ1n) is 7.30. The van der Waals surface area contributed by atoms with Gasteiger partial charge in [-0.15, -0.1) is 0 Å². The van der Waals surface area contributed by atoms with Crippen LogP contribution in [0, 0.1) is 0 Å². The van der Waals surface area contributed by atoms with Gasteiger partial charge in [-0.05, 0) is 51.2 Å². The molecule has 0 bridgehead atoms. The molecule has 2 aromatic rings. The molecule has 0 saturated heterocycles. The maximum absolute atomic E-state index is 12.1. The molecule has 0 aliphatic rings. The number of hydrazone groups is 1. The molecule has 0 aliphatic carbocycles. The van der Waals surface area contributed by atoms with Crippen LogP contribution in [0.25, 0.3) is 0 Å². The molecule has 0 spiro atoms. The van der Waals surface area contributed by atoms with Crippen molar-refractivity contribution >= 4 is 44.0 Å². The molecular formula is C18H18Br2N2O2. The zero-order valence-corrected chi connectivity index (χ0v) is 16.8. The molecule has 6 heteroatoms. The van der Waals surface area contributed by atoms with Gasteiger partial charge in [0.25, 0.3) is 5.91 Å². The average molecular weight is 454 g/mol. The number of hydrogen-bond acceptors (Lipinski definition) is 3. The summed E-state index contributed by atoms with van der Waals surface area (Å²) in [5.74, 6) is -0.187. The van der Waals surface area contributed by atoms with Crippen LogP contribution >= 0.6 is 31.9 Å². The summed E-state index contributed by atoms with van der Waals surface area (Å²) in [6, 6.07) is 10.7. The fourth-order valence-corrected chi connectivity index (χ4v) is 3.10. The fraction of sp³-hybridized carbons (Fsp3) is 0.222. The first kappa shape index (κ1) is 18.7. The minimum absolute atomic E-state index is 0.0447. The van der Waals surface area contributed by atoms with E-state index in [2.05, 4.69) is 63.2 Å². The third-order valence-electron chi connectivity index (χ3n) is 3.45. The van der Waals surface area contributed by atoms with Gasteiger partial charge in [0.05, 0.1) is 10.7 Å². The summed E-state index contributed by atoms with van der Waals surface area (Å²) in [6.07, 6.45) is 1.47. The van der Waals surface area contributed by atoms with E-state index in [0.717, 1.165) is 10.0 Å². The molecule has 0 aliphatic heterocycles. The molecule has 2 N–H and O–H groups in total. The lowest BCUT2D eigenvalue weighted by molar-refractivity contribution is 0.0955. The third kappa shape index (κ3) is 4.68. The third-order valence-corrected chi connectivity index (χ3v) is 4.77. The number of benzene rings is 2. The van der Waals surface area contributed by atoms with E-state index < -0.39 is 0 Å². The van der Waals surface area contributed by atoms with Crippen molar-refractivity contribution in [2.45, 2.75) is 26.2 Å². The van der Waals surface area contributed by atoms with Crippen molar-refractivity contribution in [3.8, 4) is 5.75 Å². The Balaban J connectivity index is 2.07. The van der Waals surface area contributed by atoms with Crippen LogP contribution in [0.5, 0.6) is 5.75 Å². The minimum Gasteiger partial charge on any atom is -0.507 e. The van der Waals surface area contributed by atoms with Crippen LogP contribution in [-0.4, -0.2) is 17.2 Å². The molecule has 0 heterocycles. The van der Waals surface area contributed by atoms with Gasteiger partial charge in [-0.25, -0.2) is 5.43 Å². The van der Waals surface area contributed by atoms with Gasteiger partial charge in [-0.2, -0.15) is 5.10 Å². The Morgan fingerprint density at radius 3 is 2.33 bits per heavy atom. The Bertz CT molecular complexity index is 779. The van der Waals surface area contributed by atoms with E-state index in [9.17, 15) is 9.90 Å². The van der Waals surface area contributed by atoms with Crippen molar-refractivity contribution in [1.29, 1.82) is 0 Å². The van der Waals surface area contributed by atoms with E-state index >= 15 is 0 Å². The van der Waals surface area contributed by atoms with Crippen LogP contribution in [0.2, 0.25) is 0 Å². The standard InChI is InChI=1S/C18H18Br2N2O2/c1-18(2,3)13-6-4-11(5-7-13)17(24)22-21-10-12-8-16(23)15(20)9-14(12)19/h4-10,23H,1-3H3,(H,22,24). The van der Waals surface area contributed by atoms with Gasteiger partial charge in [-0.1, -0.05) is 48.8 Å². The van der Waals surface area contributed by atoms with Crippen molar-refractivity contribution in [2.24, 2.45) is 5.10 Å². The van der Waals surface area contributed by atoms with Gasteiger partial charge in [0.15, 0.2) is 0 Å². The zero-order valence-electron chi connectivity index (χ0n) is 13.6. The maximum atomic E-state index is 12.1. The number of nitrogens with zero attached hydrogens (tertiary/aromatic N) is 1. The molecule has 2 aromatic carbocycles. The molecule has 0 fully saturated rings. The van der Waals surface area contributed by atoms with Gasteiger partial charge >= 0.3 is 0 Å². The first-order chi connectivity index (χ1) is 11.2. The van der Waals surface area contributed by atoms with E-state index in [1.807, 2.05) is 12.1 Å². The lowest BCUT2D eigenvalue weighted by atomic mass is 9.87. The van der Waals surface area contributed by atoms with E-state index in [-0.39, 0.29) is 17.1 Å². The number of nitrogens with one attached hydrogen (secondary N) is 1. The van der Waals surface area contributed by atoms with Gasteiger partial charge in [0.1, 0.15) is 5.75 Å². The Labute approximate surface area is 158 Å². The molecule has 0 unspecified atom stereocenters. The quantitative estimate of drug-likeness (QED) is 0.508. The predicted molar refractivity (Wildman–Crippen MR) is 104 cm³/mol. The summed E-state index contributed by atoms with van der Waals surface area (Å²) in [6.45, 7) is 6.37. The topological polar surface area (TPSA) is 61.7 Å². The Morgan fingerprint density at radius 1 is 1.12 bits per heavy atom. The van der Waals surface area contributed by atoms with Crippen LogP contribution in [0.3, 0.4) is 0 Å². The van der Waals surface area contributed by atoms with Crippen LogP contribution < -0.4 is 5.43 Å². The molecule has 0 atom stereocenters. The highest BCUT2D eigenvalue weighted by Gasteiger charge is 2.14. The smallest absolute Gasteiger partial charge is 0.271 e. The Hall–Kier alpha value is -1.66. The second kappa shape index (κ2) is 7.49. The zero-order chi connectivity index (χ0) is 17.9. The summed E-state index contributed by atoms with van der Waals surface area (Å²) in [4.78, 5) is 12.1. The molecule has 4 nitrogen and oxygen atoms in total. The normalized spacial score (nSPS) is 11.7. The predicted octanol–water partition coefficient (Wildman–Crippen LogP) is 4.98. The largest absolute Gasteiger partial charge is 0.507 e. The van der Waals surface area contributed by atoms with Crippen molar-refractivity contribution in [1.82, 2.24) is 5.43 Å². The van der Waals surface area contributed by atoms with E-state index in [1.54, 1.807) is 24.3 Å². The number of phenols is 1. The summed E-state index contributed by atoms with van der Waals surface area (Å²) >= 11 is 6.60. The highest BCUT2D eigenvalue weighted by atomic mass is 79.9. The first-order valence-corrected chi connectivity index (χ1v) is 8.89. The Kier molecular flexibility index (Phi) is 5.83. The van der Waals surface area contributed by atoms with Gasteiger partial charge in [0, 0.05) is 15.6 Å². The van der Waals surface area contributed by atoms with Crippen LogP contribution in [0.15, 0.2) is 50.4 Å². The number of rotatable bonds is 3. The van der Waals surface area contributed by atoms with Crippen LogP contribution in [0.4, 0.5) is 0 Å². The molecule has 126 valence electrons. The van der Waals surface area contributed by atoms with Crippen molar-refractivity contribution in [3.63, 3.8) is 0 Å². The van der Waals surface area contributed by atoms with E-state index in [0.29, 0.717) is 15.6 Å². The van der Waals surface area contributed by atoms with Gasteiger partial charge in [-0.3, -0.25) is 4.79 Å². The molecule has 0 aromatic heterocycles. The highest BCUT2D eigenvalue weighted by Crippen LogP contribution is 2.29. The SMILES string of the molecule is CC(C)(C)c1ccc(C(=O)NN=Cc2cc(O)c(Br)cc2Br)cc1. The molecule has 2 rings (SSSR count). The van der Waals surface area contributed by atoms with E-state index in [1.165, 1.54) is 6.21 Å². The van der Waals surface area contributed by atoms with Crippen molar-refractivity contribution < 1.29 is 9.90 Å². The van der Waals surface area contributed by atoms with Crippen LogP contribution in [-0.2, 0) is 5.41 Å². The van der Waals surface area contributed by atoms with E-state index in [4.69, 9.17) is 0 Å². The number of hydrogen-bond donors (Lipinski definition) is 2. The number of halogens is 2.